The van der Waals surface area contributed by atoms with Crippen molar-refractivity contribution in [1.82, 2.24) is 36.4 Å². The number of phenols is 1. The number of hydrogen-bond acceptors (Lipinski definition) is 16. The van der Waals surface area contributed by atoms with Crippen LogP contribution in [0.5, 0.6) is 5.75 Å². The summed E-state index contributed by atoms with van der Waals surface area (Å²) >= 11 is 0. The van der Waals surface area contributed by atoms with Crippen molar-refractivity contribution in [2.75, 3.05) is 20.8 Å². The number of phenolic OH excluding ortho intramolecular Hbond substituents is 1. The molecule has 0 aromatic heterocycles. The van der Waals surface area contributed by atoms with Crippen molar-refractivity contribution in [3.8, 4) is 5.75 Å². The number of nitrogens with one attached hydrogen (secondary N) is 5. The molecule has 1 aliphatic carbocycles. The molecule has 2 heterocycles. The highest BCUT2D eigenvalue weighted by molar-refractivity contribution is 7.80. The van der Waals surface area contributed by atoms with Gasteiger partial charge in [-0.2, -0.15) is 8.42 Å². The first-order valence-corrected chi connectivity index (χ1v) is 28.0. The number of aromatic hydroxyl groups is 1. The van der Waals surface area contributed by atoms with E-state index < -0.39 is 149 Å². The fraction of sp³-hybridized carbons (Fsp3) is 0.593. The fourth-order valence-electron chi connectivity index (χ4n) is 9.75. The number of hydrogen-bond donors (Lipinski definition) is 9. The number of rotatable bonds is 19. The summed E-state index contributed by atoms with van der Waals surface area (Å²) in [6.07, 6.45) is -1.56. The molecule has 0 radical (unpaired) electrons. The van der Waals surface area contributed by atoms with E-state index in [1.54, 1.807) is 82.3 Å². The van der Waals surface area contributed by atoms with E-state index in [0.717, 1.165) is 12.0 Å². The number of allylic oxidation sites excluding steroid dienone is 1. The zero-order chi connectivity index (χ0) is 58.3. The lowest BCUT2D eigenvalue weighted by Gasteiger charge is -2.44. The van der Waals surface area contributed by atoms with E-state index >= 15 is 9.59 Å². The van der Waals surface area contributed by atoms with Gasteiger partial charge in [-0.15, -0.1) is 0 Å². The van der Waals surface area contributed by atoms with Gasteiger partial charge >= 0.3 is 16.4 Å². The molecule has 24 nitrogen and oxygen atoms in total. The Labute approximate surface area is 460 Å². The third-order valence-electron chi connectivity index (χ3n) is 15.0. The second-order valence-electron chi connectivity index (χ2n) is 20.6. The van der Waals surface area contributed by atoms with Crippen LogP contribution in [0.2, 0.25) is 0 Å². The summed E-state index contributed by atoms with van der Waals surface area (Å²) in [4.78, 5) is 120. The van der Waals surface area contributed by atoms with Crippen molar-refractivity contribution in [2.24, 2.45) is 17.8 Å². The summed E-state index contributed by atoms with van der Waals surface area (Å²) in [6.45, 7) is 7.19. The van der Waals surface area contributed by atoms with E-state index in [9.17, 15) is 57.1 Å². The Bertz CT molecular complexity index is 2590. The van der Waals surface area contributed by atoms with Crippen LogP contribution in [0.3, 0.4) is 0 Å². The first-order valence-electron chi connectivity index (χ1n) is 26.7. The molecular weight excluding hydrogens is 1050 g/mol. The molecule has 2 aromatic carbocycles. The maximum absolute atomic E-state index is 15.0. The van der Waals surface area contributed by atoms with E-state index in [0.29, 0.717) is 36.8 Å². The number of aliphatic hydroxyl groups excluding tert-OH is 2. The number of carbonyl (C=O) groups excluding carboxylic acids is 8. The number of fused-ring (bicyclic) bond motifs is 2. The molecule has 0 spiro atoms. The standard InChI is InChI=1S/C54H77N7O17S/c1-8-30(3)44-54(72)78-32(5)45(59-47(65)38(24-19-33-15-20-36(62)21-16-33)55-50(68)42(76-7)29-77-79(73,74)75)51(69)57-40(27-35-17-22-37(63)23-18-35)48(66)56-39-25-26-43(64)61(52(39)70)46(31(4)9-2)53(71)60(6)41(49(67)58-44)28-34-13-11-10-12-14-34/h10-17,20-22,30-32,35,37-46,62-64H,8-9,18-19,23-29H2,1-7H3,(H,55,68)(H,56,66)(H,57,69)(H,58,67)(H,59,65)(H,73,74,75)/t30-,31-,32+,35-,37-,38+,39-,40-,41-,42+,43+,44-,45-,46-/m0/s1. The van der Waals surface area contributed by atoms with E-state index in [2.05, 4.69) is 30.8 Å². The lowest BCUT2D eigenvalue weighted by atomic mass is 9.88. The molecule has 2 aliphatic heterocycles. The number of methoxy groups -OCH3 is 1. The zero-order valence-electron chi connectivity index (χ0n) is 45.6. The number of piperidine rings is 1. The third kappa shape index (κ3) is 17.7. The number of carbonyl (C=O) groups is 8. The van der Waals surface area contributed by atoms with Gasteiger partial charge in [-0.05, 0) is 92.9 Å². The van der Waals surface area contributed by atoms with Crippen LogP contribution in [-0.4, -0.2) is 173 Å². The van der Waals surface area contributed by atoms with Crippen LogP contribution in [0, 0.1) is 17.8 Å². The Hall–Kier alpha value is -6.51. The van der Waals surface area contributed by atoms with Gasteiger partial charge in [0.25, 0.3) is 5.91 Å². The first kappa shape index (κ1) is 63.3. The van der Waals surface area contributed by atoms with E-state index in [1.165, 1.54) is 31.0 Å². The van der Waals surface area contributed by atoms with Gasteiger partial charge in [0, 0.05) is 20.6 Å². The molecule has 2 saturated heterocycles. The SMILES string of the molecule is CC[C@H](C)[C@@H]1NC(=O)[C@H](Cc2ccccc2)N(C)C(=O)[C@H]([C@@H](C)CC)N2C(=O)[C@H](CC[C@H]2O)NC(=O)[C@H](C[C@H]2C=C[C@H](O)CC2)NC(=O)[C@@H](NC(=O)[C@@H](CCc2ccc(O)cc2)NC(=O)[C@@H](COS(=O)(=O)O)OC)[C@@H](C)OC1=O. The fourth-order valence-corrected chi connectivity index (χ4v) is 10.0. The van der Waals surface area contributed by atoms with Crippen molar-refractivity contribution >= 4 is 57.7 Å². The number of cyclic esters (lactones) is 1. The summed E-state index contributed by atoms with van der Waals surface area (Å²) in [5.74, 6) is -9.19. The second-order valence-corrected chi connectivity index (χ2v) is 21.7. The minimum Gasteiger partial charge on any atom is -0.508 e. The summed E-state index contributed by atoms with van der Waals surface area (Å²) in [5, 5.41) is 45.0. The summed E-state index contributed by atoms with van der Waals surface area (Å²) in [7, 11) is -2.62. The number of nitrogens with zero attached hydrogens (tertiary/aromatic N) is 2. The highest BCUT2D eigenvalue weighted by atomic mass is 32.3. The van der Waals surface area contributed by atoms with Gasteiger partial charge in [0.1, 0.15) is 67.0 Å². The Kier molecular flexibility index (Phi) is 23.3. The van der Waals surface area contributed by atoms with Crippen molar-refractivity contribution in [3.05, 3.63) is 77.9 Å². The van der Waals surface area contributed by atoms with Crippen molar-refractivity contribution in [2.45, 2.75) is 166 Å². The number of ether oxygens (including phenoxy) is 2. The van der Waals surface area contributed by atoms with E-state index in [1.807, 2.05) is 0 Å². The molecule has 436 valence electrons. The molecule has 79 heavy (non-hydrogen) atoms. The predicted octanol–water partition coefficient (Wildman–Crippen LogP) is 0.717. The van der Waals surface area contributed by atoms with Crippen LogP contribution >= 0.6 is 0 Å². The Morgan fingerprint density at radius 2 is 1.49 bits per heavy atom. The number of amides is 7. The highest BCUT2D eigenvalue weighted by Crippen LogP contribution is 2.29. The number of aliphatic hydroxyl groups is 2. The summed E-state index contributed by atoms with van der Waals surface area (Å²) < 4.78 is 47.5. The number of aryl methyl sites for hydroxylation is 1. The van der Waals surface area contributed by atoms with E-state index in [4.69, 9.17) is 9.47 Å². The molecule has 2 bridgehead atoms. The topological polar surface area (TPSA) is 346 Å². The Morgan fingerprint density at radius 1 is 0.823 bits per heavy atom. The van der Waals surface area contributed by atoms with Crippen molar-refractivity contribution in [3.63, 3.8) is 0 Å². The Balaban J connectivity index is 1.63. The molecule has 0 saturated carbocycles. The van der Waals surface area contributed by atoms with Gasteiger partial charge in [0.05, 0.1) is 6.10 Å². The molecule has 7 amide bonds. The molecule has 9 N–H and O–H groups in total. The summed E-state index contributed by atoms with van der Waals surface area (Å²) in [5.41, 5.74) is 1.21. The number of benzene rings is 2. The molecule has 3 aliphatic rings. The second kappa shape index (κ2) is 29.1. The van der Waals surface area contributed by atoms with E-state index in [-0.39, 0.29) is 44.3 Å². The van der Waals surface area contributed by atoms with Gasteiger partial charge in [-0.1, -0.05) is 95.2 Å². The van der Waals surface area contributed by atoms with Gasteiger partial charge < -0.3 is 61.2 Å². The quantitative estimate of drug-likeness (QED) is 0.0532. The van der Waals surface area contributed by atoms with Crippen LogP contribution in [0.25, 0.3) is 0 Å². The molecule has 2 fully saturated rings. The lowest BCUT2D eigenvalue weighted by Crippen LogP contribution is -2.66. The van der Waals surface area contributed by atoms with Gasteiger partial charge in [-0.3, -0.25) is 38.1 Å². The molecule has 2 aromatic rings. The minimum atomic E-state index is -5.05. The molecule has 0 unspecified atom stereocenters. The van der Waals surface area contributed by atoms with Gasteiger partial charge in [0.2, 0.25) is 35.4 Å². The van der Waals surface area contributed by atoms with Gasteiger partial charge in [0.15, 0.2) is 6.10 Å². The average molecular weight is 1130 g/mol. The normalized spacial score (nSPS) is 27.4. The lowest BCUT2D eigenvalue weighted by molar-refractivity contribution is -0.168. The van der Waals surface area contributed by atoms with Crippen molar-refractivity contribution in [1.29, 1.82) is 0 Å². The number of esters is 1. The van der Waals surface area contributed by atoms with Crippen LogP contribution in [0.4, 0.5) is 0 Å². The third-order valence-corrected chi connectivity index (χ3v) is 15.4. The maximum atomic E-state index is 15.0. The van der Waals surface area contributed by atoms with Crippen molar-refractivity contribution < 1.29 is 80.3 Å². The molecule has 5 rings (SSSR count). The van der Waals surface area contributed by atoms with Crippen LogP contribution < -0.4 is 26.6 Å². The molecule has 25 heteroatoms. The largest absolute Gasteiger partial charge is 0.508 e. The molecule has 14 atom stereocenters. The number of likely N-dealkylation sites (N-methyl/N-ethyl adjacent to an activating group) is 1. The smallest absolute Gasteiger partial charge is 0.397 e. The molecular formula is C54H77N7O17S. The highest BCUT2D eigenvalue weighted by Gasteiger charge is 2.47. The van der Waals surface area contributed by atoms with Crippen LogP contribution in [0.1, 0.15) is 97.1 Å². The minimum absolute atomic E-state index is 0.0554. The maximum Gasteiger partial charge on any atom is 0.397 e. The first-order chi connectivity index (χ1) is 37.3. The summed E-state index contributed by atoms with van der Waals surface area (Å²) in [6, 6.07) is 4.22. The average Bonchev–Trinajstić information content (AvgIpc) is 3.41. The predicted molar refractivity (Wildman–Crippen MR) is 284 cm³/mol. The Morgan fingerprint density at radius 3 is 2.10 bits per heavy atom. The zero-order valence-corrected chi connectivity index (χ0v) is 46.4. The monoisotopic (exact) mass is 1130 g/mol. The van der Waals surface area contributed by atoms with Crippen LogP contribution in [-0.2, 0) is 75.3 Å². The van der Waals surface area contributed by atoms with Gasteiger partial charge in [-0.25, -0.2) is 8.98 Å². The van der Waals surface area contributed by atoms with Crippen LogP contribution in [0.15, 0.2) is 66.7 Å².